The Bertz CT molecular complexity index is 1450. The van der Waals surface area contributed by atoms with Crippen molar-refractivity contribution in [2.24, 2.45) is 0 Å². The summed E-state index contributed by atoms with van der Waals surface area (Å²) in [6.45, 7) is 2.02. The van der Waals surface area contributed by atoms with Crippen LogP contribution in [0.15, 0.2) is 109 Å². The molecule has 1 N–H and O–H groups in total. The molecule has 0 aliphatic rings. The lowest BCUT2D eigenvalue weighted by atomic mass is 9.92. The number of hydrogen-bond donors (Lipinski definition) is 1. The Morgan fingerprint density at radius 2 is 1.50 bits per heavy atom. The third-order valence-corrected chi connectivity index (χ3v) is 6.50. The number of hydrogen-bond acceptors (Lipinski definition) is 3. The summed E-state index contributed by atoms with van der Waals surface area (Å²) in [5.41, 5.74) is 6.52. The number of fused-ring (bicyclic) bond motifs is 1. The third-order valence-electron chi connectivity index (χ3n) is 6.50. The van der Waals surface area contributed by atoms with E-state index < -0.39 is 0 Å². The molecule has 0 aliphatic heterocycles. The van der Waals surface area contributed by atoms with Crippen LogP contribution >= 0.6 is 0 Å². The topological polar surface area (TPSA) is 54.9 Å². The SMILES string of the molecule is CC(NC(=O)c1c(CCCc2ccccn2)c(-c2ccccc2)nc2ccccc12)c1ccccc1. The molecule has 1 atom stereocenters. The first-order valence-electron chi connectivity index (χ1n) is 12.4. The van der Waals surface area contributed by atoms with Gasteiger partial charge in [0.15, 0.2) is 0 Å². The van der Waals surface area contributed by atoms with Crippen LogP contribution in [-0.4, -0.2) is 15.9 Å². The van der Waals surface area contributed by atoms with Crippen molar-refractivity contribution < 1.29 is 4.79 Å². The zero-order valence-corrected chi connectivity index (χ0v) is 20.4. The molecule has 0 saturated carbocycles. The second-order valence-corrected chi connectivity index (χ2v) is 8.98. The van der Waals surface area contributed by atoms with E-state index in [2.05, 4.69) is 22.4 Å². The molecule has 5 rings (SSSR count). The van der Waals surface area contributed by atoms with Gasteiger partial charge in [-0.15, -0.1) is 0 Å². The van der Waals surface area contributed by atoms with Crippen molar-refractivity contribution in [1.29, 1.82) is 0 Å². The average Bonchev–Trinajstić information content (AvgIpc) is 2.94. The number of amides is 1. The lowest BCUT2D eigenvalue weighted by Gasteiger charge is -2.20. The van der Waals surface area contributed by atoms with Crippen LogP contribution in [0.4, 0.5) is 0 Å². The van der Waals surface area contributed by atoms with Crippen LogP contribution in [-0.2, 0) is 12.8 Å². The van der Waals surface area contributed by atoms with Crippen molar-refractivity contribution in [2.45, 2.75) is 32.2 Å². The summed E-state index contributed by atoms with van der Waals surface area (Å²) >= 11 is 0. The van der Waals surface area contributed by atoms with E-state index in [-0.39, 0.29) is 11.9 Å². The van der Waals surface area contributed by atoms with Crippen LogP contribution in [0, 0.1) is 0 Å². The molecule has 178 valence electrons. The van der Waals surface area contributed by atoms with E-state index in [4.69, 9.17) is 4.98 Å². The lowest BCUT2D eigenvalue weighted by molar-refractivity contribution is 0.0940. The molecule has 1 unspecified atom stereocenters. The molecular formula is C32H29N3O. The van der Waals surface area contributed by atoms with Crippen molar-refractivity contribution in [3.05, 3.63) is 132 Å². The maximum Gasteiger partial charge on any atom is 0.252 e. The Hall–Kier alpha value is -4.31. The molecule has 2 aromatic heterocycles. The number of nitrogens with one attached hydrogen (secondary N) is 1. The summed E-state index contributed by atoms with van der Waals surface area (Å²) in [6.07, 6.45) is 4.25. The van der Waals surface area contributed by atoms with Crippen molar-refractivity contribution in [1.82, 2.24) is 15.3 Å². The quantitative estimate of drug-likeness (QED) is 0.266. The van der Waals surface area contributed by atoms with Crippen LogP contribution in [0.5, 0.6) is 0 Å². The number of aryl methyl sites for hydroxylation is 1. The molecule has 0 saturated heterocycles. The second kappa shape index (κ2) is 11.0. The van der Waals surface area contributed by atoms with Crippen LogP contribution < -0.4 is 5.32 Å². The minimum Gasteiger partial charge on any atom is -0.345 e. The number of rotatable bonds is 8. The third kappa shape index (κ3) is 5.18. The molecule has 0 aliphatic carbocycles. The smallest absolute Gasteiger partial charge is 0.252 e. The van der Waals surface area contributed by atoms with E-state index in [1.54, 1.807) is 0 Å². The Labute approximate surface area is 212 Å². The van der Waals surface area contributed by atoms with Gasteiger partial charge in [-0.05, 0) is 55.5 Å². The van der Waals surface area contributed by atoms with E-state index in [1.807, 2.05) is 104 Å². The van der Waals surface area contributed by atoms with Crippen LogP contribution in [0.25, 0.3) is 22.2 Å². The first-order valence-corrected chi connectivity index (χ1v) is 12.4. The van der Waals surface area contributed by atoms with Gasteiger partial charge in [0.2, 0.25) is 0 Å². The summed E-state index contributed by atoms with van der Waals surface area (Å²) in [4.78, 5) is 23.5. The molecule has 0 radical (unpaired) electrons. The van der Waals surface area contributed by atoms with Gasteiger partial charge in [-0.1, -0.05) is 84.9 Å². The minimum absolute atomic E-state index is 0.0741. The van der Waals surface area contributed by atoms with E-state index in [9.17, 15) is 4.79 Å². The van der Waals surface area contributed by atoms with Gasteiger partial charge in [0, 0.05) is 22.8 Å². The first-order chi connectivity index (χ1) is 17.7. The average molecular weight is 472 g/mol. The molecule has 4 nitrogen and oxygen atoms in total. The van der Waals surface area contributed by atoms with E-state index in [1.165, 1.54) is 0 Å². The van der Waals surface area contributed by atoms with Gasteiger partial charge in [0.05, 0.1) is 22.8 Å². The summed E-state index contributed by atoms with van der Waals surface area (Å²) in [5.74, 6) is -0.0741. The number of aromatic nitrogens is 2. The Kier molecular flexibility index (Phi) is 7.13. The summed E-state index contributed by atoms with van der Waals surface area (Å²) in [5, 5.41) is 4.13. The Morgan fingerprint density at radius 1 is 0.806 bits per heavy atom. The van der Waals surface area contributed by atoms with E-state index >= 15 is 0 Å². The molecule has 3 aromatic carbocycles. The summed E-state index contributed by atoms with van der Waals surface area (Å²) < 4.78 is 0. The van der Waals surface area contributed by atoms with Crippen molar-refractivity contribution in [3.63, 3.8) is 0 Å². The Morgan fingerprint density at radius 3 is 2.25 bits per heavy atom. The highest BCUT2D eigenvalue weighted by molar-refractivity contribution is 6.09. The van der Waals surface area contributed by atoms with Gasteiger partial charge in [0.1, 0.15) is 0 Å². The molecule has 4 heteroatoms. The molecule has 0 spiro atoms. The fraction of sp³-hybridized carbons (Fsp3) is 0.156. The maximum absolute atomic E-state index is 13.9. The maximum atomic E-state index is 13.9. The predicted molar refractivity (Wildman–Crippen MR) is 146 cm³/mol. The highest BCUT2D eigenvalue weighted by atomic mass is 16.1. The van der Waals surface area contributed by atoms with Crippen molar-refractivity contribution in [2.75, 3.05) is 0 Å². The molecule has 36 heavy (non-hydrogen) atoms. The zero-order valence-electron chi connectivity index (χ0n) is 20.4. The van der Waals surface area contributed by atoms with Gasteiger partial charge in [-0.2, -0.15) is 0 Å². The standard InChI is InChI=1S/C32H29N3O/c1-23(24-13-4-2-5-14-24)34-32(36)30-27-19-8-9-21-29(27)35-31(25-15-6-3-7-16-25)28(30)20-12-18-26-17-10-11-22-33-26/h2-11,13-17,19,21-23H,12,18,20H2,1H3,(H,34,36). The Balaban J connectivity index is 1.58. The normalized spacial score (nSPS) is 11.8. The highest BCUT2D eigenvalue weighted by Gasteiger charge is 2.22. The van der Waals surface area contributed by atoms with Crippen LogP contribution in [0.2, 0.25) is 0 Å². The highest BCUT2D eigenvalue weighted by Crippen LogP contribution is 2.32. The molecule has 0 bridgehead atoms. The summed E-state index contributed by atoms with van der Waals surface area (Å²) in [7, 11) is 0. The predicted octanol–water partition coefficient (Wildman–Crippen LogP) is 6.96. The zero-order chi connectivity index (χ0) is 24.7. The molecular weight excluding hydrogens is 442 g/mol. The van der Waals surface area contributed by atoms with Crippen molar-refractivity contribution in [3.8, 4) is 11.3 Å². The number of carbonyl (C=O) groups is 1. The molecule has 5 aromatic rings. The number of nitrogens with zero attached hydrogens (tertiary/aromatic N) is 2. The molecule has 1 amide bonds. The van der Waals surface area contributed by atoms with E-state index in [0.717, 1.165) is 58.2 Å². The number of carbonyl (C=O) groups excluding carboxylic acids is 1. The molecule has 2 heterocycles. The van der Waals surface area contributed by atoms with Gasteiger partial charge in [-0.25, -0.2) is 4.98 Å². The van der Waals surface area contributed by atoms with E-state index in [0.29, 0.717) is 5.56 Å². The van der Waals surface area contributed by atoms with Gasteiger partial charge in [0.25, 0.3) is 5.91 Å². The number of benzene rings is 3. The largest absolute Gasteiger partial charge is 0.345 e. The van der Waals surface area contributed by atoms with Crippen LogP contribution in [0.1, 0.15) is 46.6 Å². The molecule has 0 fully saturated rings. The summed E-state index contributed by atoms with van der Waals surface area (Å²) in [6, 6.07) is 34.0. The van der Waals surface area contributed by atoms with Gasteiger partial charge in [-0.3, -0.25) is 9.78 Å². The first kappa shape index (κ1) is 23.4. The number of para-hydroxylation sites is 1. The van der Waals surface area contributed by atoms with Crippen LogP contribution in [0.3, 0.4) is 0 Å². The van der Waals surface area contributed by atoms with Gasteiger partial charge < -0.3 is 5.32 Å². The minimum atomic E-state index is -0.118. The second-order valence-electron chi connectivity index (χ2n) is 8.98. The lowest BCUT2D eigenvalue weighted by Crippen LogP contribution is -2.28. The van der Waals surface area contributed by atoms with Gasteiger partial charge >= 0.3 is 0 Å². The fourth-order valence-electron chi connectivity index (χ4n) is 4.68. The number of pyridine rings is 2. The fourth-order valence-corrected chi connectivity index (χ4v) is 4.68. The monoisotopic (exact) mass is 471 g/mol. The van der Waals surface area contributed by atoms with Crippen molar-refractivity contribution >= 4 is 16.8 Å².